The Morgan fingerprint density at radius 2 is 1.81 bits per heavy atom. The summed E-state index contributed by atoms with van der Waals surface area (Å²) in [6.45, 7) is 7.17. The number of hydrogen-bond acceptors (Lipinski definition) is 2. The van der Waals surface area contributed by atoms with Crippen molar-refractivity contribution in [3.05, 3.63) is 28.8 Å². The van der Waals surface area contributed by atoms with Crippen LogP contribution in [0.2, 0.25) is 5.02 Å². The highest BCUT2D eigenvalue weighted by Crippen LogP contribution is 2.20. The molecule has 0 aromatic heterocycles. The smallest absolute Gasteiger partial charge is 0.207 e. The summed E-state index contributed by atoms with van der Waals surface area (Å²) in [6, 6.07) is 4.66. The quantitative estimate of drug-likeness (QED) is 0.890. The zero-order valence-corrected chi connectivity index (χ0v) is 11.4. The van der Waals surface area contributed by atoms with Gasteiger partial charge in [-0.05, 0) is 51.5 Å². The molecule has 0 bridgehead atoms. The summed E-state index contributed by atoms with van der Waals surface area (Å²) >= 11 is 5.85. The number of aryl methyl sites for hydroxylation is 1. The summed E-state index contributed by atoms with van der Waals surface area (Å²) in [7, 11) is -3.47. The number of sulfonamides is 1. The fraction of sp³-hybridized carbons (Fsp3) is 0.455. The minimum Gasteiger partial charge on any atom is -0.207 e. The topological polar surface area (TPSA) is 46.2 Å². The molecule has 0 unspecified atom stereocenters. The van der Waals surface area contributed by atoms with E-state index in [1.54, 1.807) is 39.8 Å². The van der Waals surface area contributed by atoms with Crippen molar-refractivity contribution in [2.24, 2.45) is 0 Å². The van der Waals surface area contributed by atoms with Crippen LogP contribution < -0.4 is 4.72 Å². The van der Waals surface area contributed by atoms with E-state index in [1.807, 2.05) is 0 Å². The standard InChI is InChI=1S/C11H16ClNO2S/c1-8-7-9(5-6-10(8)12)16(14,15)13-11(2,3)4/h5-7,13H,1-4H3. The molecule has 0 saturated carbocycles. The molecule has 0 aliphatic rings. The van der Waals surface area contributed by atoms with Crippen molar-refractivity contribution in [2.75, 3.05) is 0 Å². The predicted octanol–water partition coefficient (Wildman–Crippen LogP) is 2.73. The monoisotopic (exact) mass is 261 g/mol. The molecule has 0 fully saturated rings. The molecule has 0 atom stereocenters. The molecular weight excluding hydrogens is 246 g/mol. The van der Waals surface area contributed by atoms with E-state index in [9.17, 15) is 8.42 Å². The Labute approximate surface area is 102 Å². The van der Waals surface area contributed by atoms with Gasteiger partial charge in [0.1, 0.15) is 0 Å². The van der Waals surface area contributed by atoms with Crippen molar-refractivity contribution in [2.45, 2.75) is 38.1 Å². The highest BCUT2D eigenvalue weighted by molar-refractivity contribution is 7.89. The maximum absolute atomic E-state index is 12.0. The third kappa shape index (κ3) is 3.47. The number of rotatable bonds is 2. The van der Waals surface area contributed by atoms with E-state index < -0.39 is 15.6 Å². The van der Waals surface area contributed by atoms with Crippen LogP contribution >= 0.6 is 11.6 Å². The molecule has 0 heterocycles. The molecule has 5 heteroatoms. The van der Waals surface area contributed by atoms with Crippen molar-refractivity contribution >= 4 is 21.6 Å². The first kappa shape index (κ1) is 13.5. The molecule has 0 amide bonds. The van der Waals surface area contributed by atoms with Gasteiger partial charge in [0.2, 0.25) is 10.0 Å². The minimum absolute atomic E-state index is 0.240. The van der Waals surface area contributed by atoms with Crippen molar-refractivity contribution in [3.63, 3.8) is 0 Å². The lowest BCUT2D eigenvalue weighted by Crippen LogP contribution is -2.40. The van der Waals surface area contributed by atoms with Crippen molar-refractivity contribution in [1.82, 2.24) is 4.72 Å². The van der Waals surface area contributed by atoms with Crippen molar-refractivity contribution < 1.29 is 8.42 Å². The van der Waals surface area contributed by atoms with Crippen LogP contribution in [0, 0.1) is 6.92 Å². The Hall–Kier alpha value is -0.580. The summed E-state index contributed by atoms with van der Waals surface area (Å²) in [4.78, 5) is 0.240. The molecule has 0 spiro atoms. The summed E-state index contributed by atoms with van der Waals surface area (Å²) in [5.74, 6) is 0. The first-order valence-corrected chi connectivity index (χ1v) is 6.78. The summed E-state index contributed by atoms with van der Waals surface area (Å²) in [6.07, 6.45) is 0. The van der Waals surface area contributed by atoms with Crippen LogP contribution in [0.5, 0.6) is 0 Å². The van der Waals surface area contributed by atoms with Gasteiger partial charge in [-0.3, -0.25) is 0 Å². The molecule has 0 aliphatic heterocycles. The van der Waals surface area contributed by atoms with Gasteiger partial charge in [-0.1, -0.05) is 11.6 Å². The largest absolute Gasteiger partial charge is 0.241 e. The zero-order chi connectivity index (χ0) is 12.6. The van der Waals surface area contributed by atoms with Crippen LogP contribution in [-0.4, -0.2) is 14.0 Å². The number of nitrogens with one attached hydrogen (secondary N) is 1. The molecule has 1 rings (SSSR count). The second kappa shape index (κ2) is 4.35. The van der Waals surface area contributed by atoms with E-state index in [0.29, 0.717) is 5.02 Å². The predicted molar refractivity (Wildman–Crippen MR) is 66.3 cm³/mol. The fourth-order valence-electron chi connectivity index (χ4n) is 1.25. The van der Waals surface area contributed by atoms with Crippen LogP contribution in [0.15, 0.2) is 23.1 Å². The third-order valence-corrected chi connectivity index (χ3v) is 4.06. The van der Waals surface area contributed by atoms with Crippen molar-refractivity contribution in [3.8, 4) is 0 Å². The normalized spacial score (nSPS) is 12.8. The van der Waals surface area contributed by atoms with Gasteiger partial charge in [-0.25, -0.2) is 13.1 Å². The fourth-order valence-corrected chi connectivity index (χ4v) is 2.87. The average molecular weight is 262 g/mol. The molecule has 16 heavy (non-hydrogen) atoms. The Morgan fingerprint density at radius 3 is 2.25 bits per heavy atom. The Kier molecular flexibility index (Phi) is 3.67. The van der Waals surface area contributed by atoms with E-state index >= 15 is 0 Å². The van der Waals surface area contributed by atoms with Gasteiger partial charge in [0.05, 0.1) is 4.90 Å². The molecule has 0 radical (unpaired) electrons. The molecule has 90 valence electrons. The Bertz CT molecular complexity index is 489. The van der Waals surface area contributed by atoms with E-state index in [0.717, 1.165) is 5.56 Å². The number of benzene rings is 1. The first-order chi connectivity index (χ1) is 7.12. The van der Waals surface area contributed by atoms with Crippen molar-refractivity contribution in [1.29, 1.82) is 0 Å². The molecule has 0 aliphatic carbocycles. The molecule has 1 aromatic carbocycles. The molecule has 3 nitrogen and oxygen atoms in total. The summed E-state index contributed by atoms with van der Waals surface area (Å²) < 4.78 is 26.5. The van der Waals surface area contributed by atoms with E-state index in [-0.39, 0.29) is 4.90 Å². The van der Waals surface area contributed by atoms with Crippen LogP contribution in [-0.2, 0) is 10.0 Å². The highest BCUT2D eigenvalue weighted by atomic mass is 35.5. The lowest BCUT2D eigenvalue weighted by atomic mass is 10.1. The van der Waals surface area contributed by atoms with E-state index in [4.69, 9.17) is 11.6 Å². The van der Waals surface area contributed by atoms with Gasteiger partial charge in [0.15, 0.2) is 0 Å². The number of halogens is 1. The van der Waals surface area contributed by atoms with E-state index in [2.05, 4.69) is 4.72 Å². The highest BCUT2D eigenvalue weighted by Gasteiger charge is 2.22. The average Bonchev–Trinajstić information content (AvgIpc) is 2.05. The Morgan fingerprint density at radius 1 is 1.25 bits per heavy atom. The molecule has 1 aromatic rings. The third-order valence-electron chi connectivity index (χ3n) is 1.88. The zero-order valence-electron chi connectivity index (χ0n) is 9.83. The number of hydrogen-bond donors (Lipinski definition) is 1. The van der Waals surface area contributed by atoms with Crippen LogP contribution in [0.25, 0.3) is 0 Å². The van der Waals surface area contributed by atoms with Crippen LogP contribution in [0.3, 0.4) is 0 Å². The summed E-state index contributed by atoms with van der Waals surface area (Å²) in [5.41, 5.74) is 0.255. The van der Waals surface area contributed by atoms with E-state index in [1.165, 1.54) is 6.07 Å². The lowest BCUT2D eigenvalue weighted by Gasteiger charge is -2.20. The van der Waals surface area contributed by atoms with Gasteiger partial charge in [0, 0.05) is 10.6 Å². The summed E-state index contributed by atoms with van der Waals surface area (Å²) in [5, 5.41) is 0.565. The van der Waals surface area contributed by atoms with Crippen LogP contribution in [0.1, 0.15) is 26.3 Å². The lowest BCUT2D eigenvalue weighted by molar-refractivity contribution is 0.491. The van der Waals surface area contributed by atoms with Gasteiger partial charge in [-0.15, -0.1) is 0 Å². The van der Waals surface area contributed by atoms with Crippen LogP contribution in [0.4, 0.5) is 0 Å². The van der Waals surface area contributed by atoms with Gasteiger partial charge < -0.3 is 0 Å². The maximum Gasteiger partial charge on any atom is 0.241 e. The first-order valence-electron chi connectivity index (χ1n) is 4.92. The SMILES string of the molecule is Cc1cc(S(=O)(=O)NC(C)(C)C)ccc1Cl. The molecule has 0 saturated heterocycles. The maximum atomic E-state index is 12.0. The van der Waals surface area contributed by atoms with Gasteiger partial charge >= 0.3 is 0 Å². The van der Waals surface area contributed by atoms with Gasteiger partial charge in [-0.2, -0.15) is 0 Å². The Balaban J connectivity index is 3.13. The van der Waals surface area contributed by atoms with Gasteiger partial charge in [0.25, 0.3) is 0 Å². The second-order valence-corrected chi connectivity index (χ2v) is 6.86. The molecule has 1 N–H and O–H groups in total. The second-order valence-electron chi connectivity index (χ2n) is 4.77. The molecular formula is C11H16ClNO2S. The minimum atomic E-state index is -3.47.